The molecular formula is C19H24F3N3O3S. The lowest BCUT2D eigenvalue weighted by Crippen LogP contribution is -2.38. The number of rotatable bonds is 7. The second-order valence-corrected chi connectivity index (χ2v) is 9.24. The number of fused-ring (bicyclic) bond motifs is 2. The van der Waals surface area contributed by atoms with E-state index in [0.717, 1.165) is 49.7 Å². The van der Waals surface area contributed by atoms with Crippen molar-refractivity contribution < 1.29 is 26.4 Å². The van der Waals surface area contributed by atoms with Gasteiger partial charge in [-0.15, -0.1) is 0 Å². The molecule has 1 aromatic rings. The average Bonchev–Trinajstić information content (AvgIpc) is 3.20. The van der Waals surface area contributed by atoms with Gasteiger partial charge in [0.05, 0.1) is 12.3 Å². The van der Waals surface area contributed by atoms with Crippen molar-refractivity contribution in [3.63, 3.8) is 0 Å². The first-order valence-corrected chi connectivity index (χ1v) is 11.1. The van der Waals surface area contributed by atoms with Crippen molar-refractivity contribution in [2.24, 2.45) is 0 Å². The molecule has 0 heterocycles. The Morgan fingerprint density at radius 3 is 2.21 bits per heavy atom. The fourth-order valence-electron chi connectivity index (χ4n) is 3.98. The normalized spacial score (nSPS) is 15.7. The van der Waals surface area contributed by atoms with E-state index < -0.39 is 34.5 Å². The lowest BCUT2D eigenvalue weighted by atomic mass is 9.99. The van der Waals surface area contributed by atoms with Gasteiger partial charge in [-0.1, -0.05) is 12.6 Å². The molecule has 2 aliphatic rings. The number of carbonyl (C=O) groups excluding carboxylic acids is 1. The van der Waals surface area contributed by atoms with Crippen molar-refractivity contribution in [1.29, 1.82) is 0 Å². The topological polar surface area (TPSA) is 87.3 Å². The third-order valence-electron chi connectivity index (χ3n) is 5.05. The van der Waals surface area contributed by atoms with E-state index in [1.165, 1.54) is 11.1 Å². The molecule has 10 heteroatoms. The predicted octanol–water partition coefficient (Wildman–Crippen LogP) is 2.82. The van der Waals surface area contributed by atoms with Crippen LogP contribution in [0.15, 0.2) is 18.2 Å². The van der Waals surface area contributed by atoms with Gasteiger partial charge in [-0.2, -0.15) is 13.2 Å². The number of nitrogens with one attached hydrogen (secondary N) is 3. The molecule has 6 nitrogen and oxygen atoms in total. The number of sulfonamides is 1. The average molecular weight is 431 g/mol. The van der Waals surface area contributed by atoms with E-state index in [1.807, 2.05) is 4.72 Å². The van der Waals surface area contributed by atoms with Crippen molar-refractivity contribution in [2.45, 2.75) is 44.7 Å². The summed E-state index contributed by atoms with van der Waals surface area (Å²) in [6.07, 6.45) is 1.17. The van der Waals surface area contributed by atoms with Crippen molar-refractivity contribution >= 4 is 21.7 Å². The molecule has 29 heavy (non-hydrogen) atoms. The number of aryl methyl sites for hydroxylation is 2. The molecule has 0 unspecified atom stereocenters. The maximum Gasteiger partial charge on any atom is 0.401 e. The summed E-state index contributed by atoms with van der Waals surface area (Å²) in [5, 5.41) is 4.79. The highest BCUT2D eigenvalue weighted by Crippen LogP contribution is 2.38. The van der Waals surface area contributed by atoms with Crippen LogP contribution in [0, 0.1) is 0 Å². The fraction of sp³-hybridized carbons (Fsp3) is 0.526. The molecule has 0 fully saturated rings. The number of amides is 2. The summed E-state index contributed by atoms with van der Waals surface area (Å²) in [4.78, 5) is 12.4. The number of alkyl halides is 3. The molecule has 0 radical (unpaired) electrons. The second-order valence-electron chi connectivity index (χ2n) is 7.52. The van der Waals surface area contributed by atoms with Gasteiger partial charge in [-0.05, 0) is 66.4 Å². The fourth-order valence-corrected chi connectivity index (χ4v) is 5.03. The summed E-state index contributed by atoms with van der Waals surface area (Å²) in [5.41, 5.74) is 5.28. The summed E-state index contributed by atoms with van der Waals surface area (Å²) >= 11 is 0. The van der Waals surface area contributed by atoms with E-state index in [2.05, 4.69) is 23.3 Å². The molecule has 2 aliphatic carbocycles. The predicted molar refractivity (Wildman–Crippen MR) is 104 cm³/mol. The third kappa shape index (κ3) is 5.72. The van der Waals surface area contributed by atoms with Gasteiger partial charge in [0.25, 0.3) is 0 Å². The van der Waals surface area contributed by atoms with Crippen molar-refractivity contribution in [3.8, 4) is 0 Å². The highest BCUT2D eigenvalue weighted by molar-refractivity contribution is 7.90. The quantitative estimate of drug-likeness (QED) is 0.580. The van der Waals surface area contributed by atoms with Gasteiger partial charge < -0.3 is 10.6 Å². The molecular weight excluding hydrogens is 407 g/mol. The van der Waals surface area contributed by atoms with E-state index in [1.54, 1.807) is 0 Å². The Morgan fingerprint density at radius 2 is 1.66 bits per heavy atom. The molecule has 0 saturated heterocycles. The van der Waals surface area contributed by atoms with Crippen LogP contribution in [0.4, 0.5) is 23.7 Å². The Bertz CT molecular complexity index is 895. The van der Waals surface area contributed by atoms with Gasteiger partial charge >= 0.3 is 12.2 Å². The molecule has 0 saturated carbocycles. The number of urea groups is 1. The molecule has 3 N–H and O–H groups in total. The van der Waals surface area contributed by atoms with Crippen LogP contribution in [0.25, 0.3) is 0 Å². The Labute approximate surface area is 168 Å². The third-order valence-corrected chi connectivity index (χ3v) is 6.34. The van der Waals surface area contributed by atoms with Crippen LogP contribution < -0.4 is 15.4 Å². The molecule has 160 valence electrons. The number of benzene rings is 1. The number of hydrogen-bond donors (Lipinski definition) is 3. The van der Waals surface area contributed by atoms with E-state index in [9.17, 15) is 26.4 Å². The summed E-state index contributed by atoms with van der Waals surface area (Å²) in [6.45, 7) is 1.90. The van der Waals surface area contributed by atoms with E-state index in [-0.39, 0.29) is 12.1 Å². The molecule has 3 rings (SSSR count). The van der Waals surface area contributed by atoms with Gasteiger partial charge in [0.2, 0.25) is 10.0 Å². The van der Waals surface area contributed by atoms with E-state index in [0.29, 0.717) is 5.69 Å². The maximum absolute atomic E-state index is 12.4. The summed E-state index contributed by atoms with van der Waals surface area (Å²) in [7, 11) is -4.08. The molecule has 2 amide bonds. The first-order chi connectivity index (χ1) is 13.5. The van der Waals surface area contributed by atoms with E-state index in [4.69, 9.17) is 0 Å². The molecule has 0 aromatic heterocycles. The Kier molecular flexibility index (Phi) is 6.23. The number of carbonyl (C=O) groups is 1. The lowest BCUT2D eigenvalue weighted by Gasteiger charge is -2.17. The molecule has 0 atom stereocenters. The van der Waals surface area contributed by atoms with Crippen LogP contribution in [0.2, 0.25) is 0 Å². The van der Waals surface area contributed by atoms with Crippen LogP contribution in [0.1, 0.15) is 35.1 Å². The van der Waals surface area contributed by atoms with Crippen LogP contribution in [0.3, 0.4) is 0 Å². The Hall–Kier alpha value is -2.07. The molecule has 0 spiro atoms. The van der Waals surface area contributed by atoms with Crippen molar-refractivity contribution in [3.05, 3.63) is 40.5 Å². The molecule has 0 bridgehead atoms. The van der Waals surface area contributed by atoms with E-state index >= 15 is 0 Å². The van der Waals surface area contributed by atoms with Gasteiger partial charge in [-0.25, -0.2) is 17.9 Å². The monoisotopic (exact) mass is 431 g/mol. The first-order valence-electron chi connectivity index (χ1n) is 9.46. The number of hydrogen-bond acceptors (Lipinski definition) is 4. The lowest BCUT2D eigenvalue weighted by molar-refractivity contribution is -0.124. The van der Waals surface area contributed by atoms with Gasteiger partial charge in [0.15, 0.2) is 0 Å². The highest BCUT2D eigenvalue weighted by Gasteiger charge is 2.27. The van der Waals surface area contributed by atoms with Crippen LogP contribution in [-0.4, -0.2) is 39.5 Å². The number of halogens is 3. The smallest absolute Gasteiger partial charge is 0.307 e. The summed E-state index contributed by atoms with van der Waals surface area (Å²) in [5.74, 6) is -0.643. The minimum atomic E-state index is -4.40. The van der Waals surface area contributed by atoms with Crippen LogP contribution in [-0.2, 0) is 35.7 Å². The minimum absolute atomic E-state index is 0.0241. The second kappa shape index (κ2) is 8.35. The Balaban J connectivity index is 1.60. The number of anilines is 1. The summed E-state index contributed by atoms with van der Waals surface area (Å²) in [6, 6.07) is 1.33. The first kappa shape index (κ1) is 21.6. The van der Waals surface area contributed by atoms with Crippen LogP contribution in [0.5, 0.6) is 0 Å². The standard InChI is InChI=1S/C19H24F3N3O3S/c1-12(9-23-11-19(20,21)22)10-29(27,28)25-18(26)24-17-15-6-2-4-13(15)8-14-5-3-7-16(14)17/h8,23H,1-7,9-11H2,(H2,24,25,26). The van der Waals surface area contributed by atoms with Gasteiger partial charge in [0, 0.05) is 12.2 Å². The SMILES string of the molecule is C=C(CNCC(F)(F)F)CS(=O)(=O)NC(=O)Nc1c2c(cc3c1CCC3)CCC2. The van der Waals surface area contributed by atoms with Crippen molar-refractivity contribution in [1.82, 2.24) is 10.0 Å². The van der Waals surface area contributed by atoms with Crippen LogP contribution >= 0.6 is 0 Å². The largest absolute Gasteiger partial charge is 0.401 e. The minimum Gasteiger partial charge on any atom is -0.307 e. The summed E-state index contributed by atoms with van der Waals surface area (Å²) < 4.78 is 62.7. The zero-order valence-electron chi connectivity index (χ0n) is 15.9. The van der Waals surface area contributed by atoms with Crippen molar-refractivity contribution in [2.75, 3.05) is 24.2 Å². The molecule has 0 aliphatic heterocycles. The highest BCUT2D eigenvalue weighted by atomic mass is 32.2. The zero-order valence-corrected chi connectivity index (χ0v) is 16.7. The van der Waals surface area contributed by atoms with Gasteiger partial charge in [0.1, 0.15) is 0 Å². The Morgan fingerprint density at radius 1 is 1.07 bits per heavy atom. The zero-order chi connectivity index (χ0) is 21.2. The molecule has 1 aromatic carbocycles. The van der Waals surface area contributed by atoms with Gasteiger partial charge in [-0.3, -0.25) is 0 Å². The maximum atomic E-state index is 12.4.